The number of thiocarbonyl (C=S) groups is 1. The van der Waals surface area contributed by atoms with E-state index in [2.05, 4.69) is 5.32 Å². The number of ether oxygens (including phenoxy) is 2. The van der Waals surface area contributed by atoms with Crippen LogP contribution >= 0.6 is 35.3 Å². The first-order chi connectivity index (χ1) is 18.9. The van der Waals surface area contributed by atoms with Crippen molar-refractivity contribution >= 4 is 68.5 Å². The Kier molecular flexibility index (Phi) is 9.04. The van der Waals surface area contributed by atoms with E-state index in [-0.39, 0.29) is 25.2 Å². The fourth-order valence-corrected chi connectivity index (χ4v) is 7.77. The summed E-state index contributed by atoms with van der Waals surface area (Å²) in [5.74, 6) is -0.392. The van der Waals surface area contributed by atoms with Gasteiger partial charge in [-0.2, -0.15) is 0 Å². The van der Waals surface area contributed by atoms with E-state index in [1.807, 2.05) is 24.3 Å². The second-order valence-electron chi connectivity index (χ2n) is 9.87. The molecule has 1 aromatic carbocycles. The van der Waals surface area contributed by atoms with Crippen molar-refractivity contribution in [2.75, 3.05) is 18.5 Å². The van der Waals surface area contributed by atoms with Gasteiger partial charge >= 0.3 is 5.97 Å². The van der Waals surface area contributed by atoms with Crippen LogP contribution in [-0.4, -0.2) is 46.3 Å². The third kappa shape index (κ3) is 6.39. The van der Waals surface area contributed by atoms with Gasteiger partial charge in [0, 0.05) is 10.4 Å². The summed E-state index contributed by atoms with van der Waals surface area (Å²) >= 11 is 8.08. The lowest BCUT2D eigenvalue weighted by Gasteiger charge is -2.23. The highest BCUT2D eigenvalue weighted by atomic mass is 32.2. The molecule has 7 nitrogen and oxygen atoms in total. The number of anilines is 1. The Morgan fingerprint density at radius 3 is 2.69 bits per heavy atom. The van der Waals surface area contributed by atoms with Gasteiger partial charge < -0.3 is 14.8 Å². The fourth-order valence-electron chi connectivity index (χ4n) is 5.23. The number of esters is 1. The van der Waals surface area contributed by atoms with E-state index in [4.69, 9.17) is 21.7 Å². The van der Waals surface area contributed by atoms with E-state index >= 15 is 0 Å². The smallest absolute Gasteiger partial charge is 0.341 e. The highest BCUT2D eigenvalue weighted by Crippen LogP contribution is 2.39. The second kappa shape index (κ2) is 12.7. The minimum atomic E-state index is -0.421. The van der Waals surface area contributed by atoms with Gasteiger partial charge in [-0.1, -0.05) is 48.6 Å². The normalized spacial score (nSPS) is 18.8. The Balaban J connectivity index is 1.29. The summed E-state index contributed by atoms with van der Waals surface area (Å²) in [5, 5.41) is 3.36. The van der Waals surface area contributed by atoms with Crippen LogP contribution in [-0.2, 0) is 27.2 Å². The molecule has 1 aromatic heterocycles. The van der Waals surface area contributed by atoms with Crippen molar-refractivity contribution in [2.45, 2.75) is 70.8 Å². The molecule has 2 heterocycles. The summed E-state index contributed by atoms with van der Waals surface area (Å²) in [6.07, 6.45) is 11.4. The van der Waals surface area contributed by atoms with Crippen molar-refractivity contribution in [2.24, 2.45) is 0 Å². The summed E-state index contributed by atoms with van der Waals surface area (Å²) in [4.78, 5) is 42.0. The average molecular weight is 585 g/mol. The lowest BCUT2D eigenvalue weighted by Crippen LogP contribution is -2.36. The molecule has 2 amide bonds. The number of nitrogens with zero attached hydrogens (tertiary/aromatic N) is 1. The van der Waals surface area contributed by atoms with Gasteiger partial charge in [-0.25, -0.2) is 4.79 Å². The van der Waals surface area contributed by atoms with Gasteiger partial charge in [0.05, 0.1) is 23.2 Å². The Morgan fingerprint density at radius 2 is 1.90 bits per heavy atom. The van der Waals surface area contributed by atoms with Crippen LogP contribution in [0.3, 0.4) is 0 Å². The molecule has 10 heteroatoms. The molecule has 0 radical (unpaired) electrons. The van der Waals surface area contributed by atoms with Gasteiger partial charge in [-0.3, -0.25) is 14.5 Å². The third-order valence-corrected chi connectivity index (χ3v) is 9.72. The van der Waals surface area contributed by atoms with Crippen molar-refractivity contribution in [3.05, 3.63) is 50.7 Å². The number of hydrogen-bond acceptors (Lipinski definition) is 8. The topological polar surface area (TPSA) is 84.9 Å². The van der Waals surface area contributed by atoms with Crippen LogP contribution in [0.1, 0.15) is 78.2 Å². The second-order valence-corrected chi connectivity index (χ2v) is 12.6. The van der Waals surface area contributed by atoms with E-state index in [0.29, 0.717) is 19.8 Å². The van der Waals surface area contributed by atoms with E-state index in [1.165, 1.54) is 47.3 Å². The monoisotopic (exact) mass is 584 g/mol. The first kappa shape index (κ1) is 27.9. The molecule has 2 fully saturated rings. The van der Waals surface area contributed by atoms with Crippen molar-refractivity contribution in [3.8, 4) is 5.75 Å². The summed E-state index contributed by atoms with van der Waals surface area (Å²) < 4.78 is 11.9. The maximum Gasteiger partial charge on any atom is 0.341 e. The molecule has 1 N–H and O–H groups in total. The molecule has 2 aromatic rings. The van der Waals surface area contributed by atoms with Crippen LogP contribution < -0.4 is 10.1 Å². The molecule has 206 valence electrons. The van der Waals surface area contributed by atoms with E-state index in [1.54, 1.807) is 13.0 Å². The standard InChI is InChI=1S/C29H32N2O5S3/c1-2-35-28(34)25-20-13-7-9-15-22(20)38-26(25)30-24(32)17-31-27(33)23(39-29(31)37)16-18-10-6-8-14-21(18)36-19-11-4-3-5-12-19/h6,8,10,14,16,19H,2-5,7,9,11-13,15,17H2,1H3,(H,30,32)/b23-16-. The van der Waals surface area contributed by atoms with Crippen molar-refractivity contribution < 1.29 is 23.9 Å². The molecule has 0 bridgehead atoms. The van der Waals surface area contributed by atoms with Crippen LogP contribution in [0, 0.1) is 0 Å². The van der Waals surface area contributed by atoms with E-state index in [9.17, 15) is 14.4 Å². The number of thiophene rings is 1. The van der Waals surface area contributed by atoms with Crippen molar-refractivity contribution in [3.63, 3.8) is 0 Å². The number of fused-ring (bicyclic) bond motifs is 1. The van der Waals surface area contributed by atoms with Gasteiger partial charge in [0.25, 0.3) is 5.91 Å². The summed E-state index contributed by atoms with van der Waals surface area (Å²) in [7, 11) is 0. The highest BCUT2D eigenvalue weighted by molar-refractivity contribution is 8.26. The molecule has 0 unspecified atom stereocenters. The molecule has 1 saturated heterocycles. The molecule has 0 spiro atoms. The number of aryl methyl sites for hydroxylation is 1. The predicted octanol–water partition coefficient (Wildman–Crippen LogP) is 6.36. The maximum atomic E-state index is 13.3. The number of para-hydroxylation sites is 1. The van der Waals surface area contributed by atoms with Crippen LogP contribution in [0.4, 0.5) is 5.00 Å². The minimum Gasteiger partial charge on any atom is -0.490 e. The molecule has 2 aliphatic carbocycles. The number of amides is 2. The first-order valence-corrected chi connectivity index (χ1v) is 15.6. The Hall–Kier alpha value is -2.69. The zero-order valence-corrected chi connectivity index (χ0v) is 24.4. The predicted molar refractivity (Wildman–Crippen MR) is 159 cm³/mol. The van der Waals surface area contributed by atoms with Crippen LogP contribution in [0.5, 0.6) is 5.75 Å². The maximum absolute atomic E-state index is 13.3. The summed E-state index contributed by atoms with van der Waals surface area (Å²) in [6, 6.07) is 7.69. The number of carbonyl (C=O) groups is 3. The Labute approximate surface area is 242 Å². The van der Waals surface area contributed by atoms with Crippen LogP contribution in [0.15, 0.2) is 29.2 Å². The highest BCUT2D eigenvalue weighted by Gasteiger charge is 2.34. The molecule has 3 aliphatic rings. The fraction of sp³-hybridized carbons (Fsp3) is 0.448. The molecular formula is C29H32N2O5S3. The quantitative estimate of drug-likeness (QED) is 0.220. The summed E-state index contributed by atoms with van der Waals surface area (Å²) in [6.45, 7) is 1.79. The average Bonchev–Trinajstić information content (AvgIpc) is 3.42. The SMILES string of the molecule is CCOC(=O)c1c(NC(=O)CN2C(=O)/C(=C/c3ccccc3OC3CCCCC3)SC2=S)sc2c1CCCC2. The van der Waals surface area contributed by atoms with Gasteiger partial charge in [-0.05, 0) is 76.0 Å². The minimum absolute atomic E-state index is 0.189. The van der Waals surface area contributed by atoms with Gasteiger partial charge in [-0.15, -0.1) is 11.3 Å². The van der Waals surface area contributed by atoms with Crippen molar-refractivity contribution in [1.29, 1.82) is 0 Å². The molecule has 39 heavy (non-hydrogen) atoms. The Morgan fingerprint density at radius 1 is 1.13 bits per heavy atom. The van der Waals surface area contributed by atoms with Gasteiger partial charge in [0.1, 0.15) is 21.6 Å². The zero-order valence-electron chi connectivity index (χ0n) is 22.0. The van der Waals surface area contributed by atoms with Crippen LogP contribution in [0.25, 0.3) is 6.08 Å². The molecule has 0 atom stereocenters. The number of hydrogen-bond donors (Lipinski definition) is 1. The number of carbonyl (C=O) groups excluding carboxylic acids is 3. The number of rotatable bonds is 8. The van der Waals surface area contributed by atoms with E-state index in [0.717, 1.165) is 60.3 Å². The molecule has 1 saturated carbocycles. The third-order valence-electron chi connectivity index (χ3n) is 7.13. The molecule has 1 aliphatic heterocycles. The molecular weight excluding hydrogens is 553 g/mol. The van der Waals surface area contributed by atoms with Crippen LogP contribution in [0.2, 0.25) is 0 Å². The zero-order chi connectivity index (χ0) is 27.4. The van der Waals surface area contributed by atoms with Gasteiger partial charge in [0.15, 0.2) is 0 Å². The molecule has 5 rings (SSSR count). The van der Waals surface area contributed by atoms with E-state index < -0.39 is 11.9 Å². The largest absolute Gasteiger partial charge is 0.490 e. The van der Waals surface area contributed by atoms with Gasteiger partial charge in [0.2, 0.25) is 5.91 Å². The lowest BCUT2D eigenvalue weighted by molar-refractivity contribution is -0.126. The lowest BCUT2D eigenvalue weighted by atomic mass is 9.95. The summed E-state index contributed by atoms with van der Waals surface area (Å²) in [5.41, 5.74) is 2.24. The first-order valence-electron chi connectivity index (χ1n) is 13.6. The van der Waals surface area contributed by atoms with Crippen molar-refractivity contribution in [1.82, 2.24) is 4.90 Å². The Bertz CT molecular complexity index is 1310. The number of thioether (sulfide) groups is 1. The number of benzene rings is 1. The number of nitrogens with one attached hydrogen (secondary N) is 1.